The SMILES string of the molecule is CCC(C)c1nc(COC)c(C(=O)O)o1. The lowest BCUT2D eigenvalue weighted by atomic mass is 10.1. The summed E-state index contributed by atoms with van der Waals surface area (Å²) in [5.41, 5.74) is 0.348. The molecule has 1 unspecified atom stereocenters. The predicted octanol–water partition coefficient (Wildman–Crippen LogP) is 2.03. The van der Waals surface area contributed by atoms with Gasteiger partial charge in [-0.15, -0.1) is 0 Å². The highest BCUT2D eigenvalue weighted by Gasteiger charge is 2.21. The maximum absolute atomic E-state index is 10.8. The molecule has 1 aromatic heterocycles. The molecule has 0 aliphatic heterocycles. The van der Waals surface area contributed by atoms with Crippen molar-refractivity contribution in [2.75, 3.05) is 7.11 Å². The van der Waals surface area contributed by atoms with Gasteiger partial charge in [-0.05, 0) is 6.42 Å². The fraction of sp³-hybridized carbons (Fsp3) is 0.600. The molecule has 5 nitrogen and oxygen atoms in total. The monoisotopic (exact) mass is 213 g/mol. The molecule has 1 N–H and O–H groups in total. The third-order valence-corrected chi connectivity index (χ3v) is 2.22. The van der Waals surface area contributed by atoms with Crippen molar-refractivity contribution in [3.05, 3.63) is 17.3 Å². The molecule has 0 aliphatic carbocycles. The Labute approximate surface area is 88.1 Å². The van der Waals surface area contributed by atoms with E-state index in [1.807, 2.05) is 13.8 Å². The van der Waals surface area contributed by atoms with Gasteiger partial charge >= 0.3 is 5.97 Å². The molecule has 0 saturated heterocycles. The van der Waals surface area contributed by atoms with Crippen LogP contribution in [0.3, 0.4) is 0 Å². The van der Waals surface area contributed by atoms with Gasteiger partial charge in [-0.3, -0.25) is 0 Å². The second-order valence-corrected chi connectivity index (χ2v) is 3.38. The summed E-state index contributed by atoms with van der Waals surface area (Å²) in [6.07, 6.45) is 0.853. The van der Waals surface area contributed by atoms with Crippen molar-refractivity contribution in [2.45, 2.75) is 32.8 Å². The largest absolute Gasteiger partial charge is 0.475 e. The second-order valence-electron chi connectivity index (χ2n) is 3.38. The maximum Gasteiger partial charge on any atom is 0.373 e. The number of aromatic nitrogens is 1. The van der Waals surface area contributed by atoms with Crippen LogP contribution in [0, 0.1) is 0 Å². The highest BCUT2D eigenvalue weighted by Crippen LogP contribution is 2.21. The lowest BCUT2D eigenvalue weighted by Crippen LogP contribution is -2.00. The number of ether oxygens (including phenoxy) is 1. The molecule has 1 rings (SSSR count). The zero-order chi connectivity index (χ0) is 11.4. The number of carboxylic acid groups (broad SMARTS) is 1. The first-order valence-corrected chi connectivity index (χ1v) is 4.82. The van der Waals surface area contributed by atoms with Gasteiger partial charge in [-0.25, -0.2) is 9.78 Å². The van der Waals surface area contributed by atoms with Crippen molar-refractivity contribution in [1.29, 1.82) is 0 Å². The van der Waals surface area contributed by atoms with Gasteiger partial charge in [-0.1, -0.05) is 13.8 Å². The van der Waals surface area contributed by atoms with Gasteiger partial charge in [0, 0.05) is 13.0 Å². The minimum absolute atomic E-state index is 0.118. The molecule has 0 amide bonds. The molecular formula is C10H15NO4. The minimum Gasteiger partial charge on any atom is -0.475 e. The molecule has 0 radical (unpaired) electrons. The summed E-state index contributed by atoms with van der Waals surface area (Å²) in [5, 5.41) is 8.87. The molecule has 0 bridgehead atoms. The summed E-state index contributed by atoms with van der Waals surface area (Å²) < 4.78 is 10.1. The number of oxazole rings is 1. The molecule has 0 aliphatic rings. The topological polar surface area (TPSA) is 72.6 Å². The van der Waals surface area contributed by atoms with Gasteiger partial charge in [0.05, 0.1) is 6.61 Å². The molecular weight excluding hydrogens is 198 g/mol. The molecule has 0 saturated carbocycles. The fourth-order valence-electron chi connectivity index (χ4n) is 1.16. The Balaban J connectivity index is 3.03. The van der Waals surface area contributed by atoms with Crippen LogP contribution in [0.5, 0.6) is 0 Å². The number of methoxy groups -OCH3 is 1. The van der Waals surface area contributed by atoms with Crippen LogP contribution in [-0.2, 0) is 11.3 Å². The van der Waals surface area contributed by atoms with E-state index in [-0.39, 0.29) is 18.3 Å². The Morgan fingerprint density at radius 2 is 2.33 bits per heavy atom. The van der Waals surface area contributed by atoms with E-state index in [0.717, 1.165) is 6.42 Å². The van der Waals surface area contributed by atoms with Crippen molar-refractivity contribution < 1.29 is 19.1 Å². The molecule has 1 heterocycles. The molecule has 1 atom stereocenters. The van der Waals surface area contributed by atoms with Crippen LogP contribution in [0.4, 0.5) is 0 Å². The van der Waals surface area contributed by atoms with Gasteiger partial charge in [0.25, 0.3) is 0 Å². The zero-order valence-corrected chi connectivity index (χ0v) is 9.11. The Morgan fingerprint density at radius 1 is 1.67 bits per heavy atom. The number of hydrogen-bond acceptors (Lipinski definition) is 4. The van der Waals surface area contributed by atoms with Crippen LogP contribution in [-0.4, -0.2) is 23.2 Å². The van der Waals surface area contributed by atoms with E-state index >= 15 is 0 Å². The maximum atomic E-state index is 10.8. The Hall–Kier alpha value is -1.36. The normalized spacial score (nSPS) is 12.7. The zero-order valence-electron chi connectivity index (χ0n) is 9.11. The number of carbonyl (C=O) groups is 1. The summed E-state index contributed by atoms with van der Waals surface area (Å²) in [6.45, 7) is 4.08. The third-order valence-electron chi connectivity index (χ3n) is 2.22. The van der Waals surface area contributed by atoms with E-state index in [4.69, 9.17) is 14.3 Å². The molecule has 0 aromatic carbocycles. The summed E-state index contributed by atoms with van der Waals surface area (Å²) in [4.78, 5) is 15.0. The first-order chi connectivity index (χ1) is 7.10. The highest BCUT2D eigenvalue weighted by atomic mass is 16.5. The van der Waals surface area contributed by atoms with Crippen LogP contribution in [0.15, 0.2) is 4.42 Å². The summed E-state index contributed by atoms with van der Waals surface area (Å²) >= 11 is 0. The van der Waals surface area contributed by atoms with E-state index in [0.29, 0.717) is 11.6 Å². The van der Waals surface area contributed by atoms with Crippen molar-refractivity contribution >= 4 is 5.97 Å². The Morgan fingerprint density at radius 3 is 2.80 bits per heavy atom. The van der Waals surface area contributed by atoms with Gasteiger partial charge in [0.2, 0.25) is 5.76 Å². The van der Waals surface area contributed by atoms with E-state index < -0.39 is 5.97 Å². The smallest absolute Gasteiger partial charge is 0.373 e. The number of nitrogens with zero attached hydrogens (tertiary/aromatic N) is 1. The number of carboxylic acids is 1. The van der Waals surface area contributed by atoms with Crippen molar-refractivity contribution in [1.82, 2.24) is 4.98 Å². The molecule has 0 spiro atoms. The molecule has 84 valence electrons. The van der Waals surface area contributed by atoms with E-state index in [9.17, 15) is 4.79 Å². The number of hydrogen-bond donors (Lipinski definition) is 1. The average Bonchev–Trinajstić information content (AvgIpc) is 2.61. The Kier molecular flexibility index (Phi) is 3.85. The standard InChI is InChI=1S/C10H15NO4/c1-4-6(2)9-11-7(5-14-3)8(15-9)10(12)13/h6H,4-5H2,1-3H3,(H,12,13). The first-order valence-electron chi connectivity index (χ1n) is 4.82. The van der Waals surface area contributed by atoms with Crippen LogP contribution in [0.1, 0.15) is 48.3 Å². The predicted molar refractivity (Wildman–Crippen MR) is 52.9 cm³/mol. The lowest BCUT2D eigenvalue weighted by Gasteiger charge is -2.00. The van der Waals surface area contributed by atoms with Crippen LogP contribution in [0.25, 0.3) is 0 Å². The quantitative estimate of drug-likeness (QED) is 0.810. The van der Waals surface area contributed by atoms with Crippen LogP contribution in [0.2, 0.25) is 0 Å². The highest BCUT2D eigenvalue weighted by molar-refractivity contribution is 5.85. The third kappa shape index (κ3) is 2.56. The summed E-state index contributed by atoms with van der Waals surface area (Å²) in [5.74, 6) is -0.646. The average molecular weight is 213 g/mol. The van der Waals surface area contributed by atoms with E-state index in [1.165, 1.54) is 7.11 Å². The first kappa shape index (κ1) is 11.7. The van der Waals surface area contributed by atoms with Crippen molar-refractivity contribution in [3.8, 4) is 0 Å². The van der Waals surface area contributed by atoms with Crippen molar-refractivity contribution in [2.24, 2.45) is 0 Å². The fourth-order valence-corrected chi connectivity index (χ4v) is 1.16. The van der Waals surface area contributed by atoms with E-state index in [1.54, 1.807) is 0 Å². The summed E-state index contributed by atoms with van der Waals surface area (Å²) in [7, 11) is 1.49. The van der Waals surface area contributed by atoms with Gasteiger partial charge < -0.3 is 14.3 Å². The van der Waals surface area contributed by atoms with Crippen LogP contribution < -0.4 is 0 Å². The number of rotatable bonds is 5. The van der Waals surface area contributed by atoms with Gasteiger partial charge in [0.15, 0.2) is 5.89 Å². The minimum atomic E-state index is -1.11. The molecule has 1 aromatic rings. The molecule has 5 heteroatoms. The molecule has 15 heavy (non-hydrogen) atoms. The Bertz CT molecular complexity index is 345. The number of aromatic carboxylic acids is 1. The molecule has 0 fully saturated rings. The van der Waals surface area contributed by atoms with Gasteiger partial charge in [-0.2, -0.15) is 0 Å². The summed E-state index contributed by atoms with van der Waals surface area (Å²) in [6, 6.07) is 0. The van der Waals surface area contributed by atoms with Gasteiger partial charge in [0.1, 0.15) is 5.69 Å². The lowest BCUT2D eigenvalue weighted by molar-refractivity contribution is 0.0653. The van der Waals surface area contributed by atoms with Crippen molar-refractivity contribution in [3.63, 3.8) is 0 Å². The van der Waals surface area contributed by atoms with Crippen LogP contribution >= 0.6 is 0 Å². The van der Waals surface area contributed by atoms with E-state index in [2.05, 4.69) is 4.98 Å². The second kappa shape index (κ2) is 4.93.